The Balaban J connectivity index is 2.12. The monoisotopic (exact) mass is 228 g/mol. The van der Waals surface area contributed by atoms with Gasteiger partial charge in [0.25, 0.3) is 0 Å². The van der Waals surface area contributed by atoms with Gasteiger partial charge in [-0.3, -0.25) is 4.98 Å². The van der Waals surface area contributed by atoms with Gasteiger partial charge in [0.1, 0.15) is 0 Å². The summed E-state index contributed by atoms with van der Waals surface area (Å²) in [5.74, 6) is 0. The third-order valence-electron chi connectivity index (χ3n) is 2.96. The maximum absolute atomic E-state index is 4.52. The highest BCUT2D eigenvalue weighted by Gasteiger charge is 1.99. The van der Waals surface area contributed by atoms with E-state index in [2.05, 4.69) is 54.3 Å². The first kappa shape index (κ1) is 12.1. The Labute approximate surface area is 103 Å². The molecule has 0 N–H and O–H groups in total. The number of aryl methyl sites for hydroxylation is 2. The van der Waals surface area contributed by atoms with Crippen LogP contribution in [0.2, 0.25) is 0 Å². The third-order valence-corrected chi connectivity index (χ3v) is 2.96. The first-order valence-corrected chi connectivity index (χ1v) is 6.16. The molecule has 0 atom stereocenters. The second-order valence-electron chi connectivity index (χ2n) is 4.89. The van der Waals surface area contributed by atoms with E-state index in [4.69, 9.17) is 0 Å². The molecule has 0 radical (unpaired) electrons. The summed E-state index contributed by atoms with van der Waals surface area (Å²) in [4.78, 5) is 6.75. The molecule has 1 heterocycles. The lowest BCUT2D eigenvalue weighted by molar-refractivity contribution is 0.400. The van der Waals surface area contributed by atoms with E-state index in [1.165, 1.54) is 17.4 Å². The number of aromatic nitrogens is 1. The molecule has 1 aromatic heterocycles. The predicted octanol–water partition coefficient (Wildman–Crippen LogP) is 3.04. The van der Waals surface area contributed by atoms with Crippen LogP contribution in [0, 0.1) is 6.92 Å². The zero-order valence-electron chi connectivity index (χ0n) is 10.9. The van der Waals surface area contributed by atoms with Crippen molar-refractivity contribution in [2.24, 2.45) is 0 Å². The molecule has 2 nitrogen and oxygen atoms in total. The topological polar surface area (TPSA) is 16.1 Å². The summed E-state index contributed by atoms with van der Waals surface area (Å²) < 4.78 is 0. The van der Waals surface area contributed by atoms with Crippen molar-refractivity contribution in [2.75, 3.05) is 20.6 Å². The molecule has 0 saturated carbocycles. The molecule has 0 aliphatic carbocycles. The Morgan fingerprint density at radius 1 is 1.12 bits per heavy atom. The minimum atomic E-state index is 1.08. The van der Waals surface area contributed by atoms with Crippen LogP contribution in [0.5, 0.6) is 0 Å². The summed E-state index contributed by atoms with van der Waals surface area (Å²) in [7, 11) is 4.24. The van der Waals surface area contributed by atoms with Gasteiger partial charge in [0.2, 0.25) is 0 Å². The van der Waals surface area contributed by atoms with Gasteiger partial charge in [-0.1, -0.05) is 12.1 Å². The Kier molecular flexibility index (Phi) is 3.75. The lowest BCUT2D eigenvalue weighted by atomic mass is 10.1. The maximum atomic E-state index is 4.52. The highest BCUT2D eigenvalue weighted by Crippen LogP contribution is 2.15. The Hall–Kier alpha value is -1.41. The van der Waals surface area contributed by atoms with Gasteiger partial charge in [-0.15, -0.1) is 0 Å². The summed E-state index contributed by atoms with van der Waals surface area (Å²) in [6.07, 6.45) is 2.35. The van der Waals surface area contributed by atoms with Crippen molar-refractivity contribution >= 4 is 10.9 Å². The highest BCUT2D eigenvalue weighted by molar-refractivity contribution is 5.79. The number of nitrogens with zero attached hydrogens (tertiary/aromatic N) is 2. The lowest BCUT2D eigenvalue weighted by Gasteiger charge is -2.09. The Bertz CT molecular complexity index is 503. The molecule has 2 rings (SSSR count). The molecule has 17 heavy (non-hydrogen) atoms. The largest absolute Gasteiger partial charge is 0.309 e. The van der Waals surface area contributed by atoms with E-state index in [9.17, 15) is 0 Å². The fourth-order valence-corrected chi connectivity index (χ4v) is 2.03. The molecule has 0 aliphatic rings. The summed E-state index contributed by atoms with van der Waals surface area (Å²) >= 11 is 0. The molecule has 0 bridgehead atoms. The van der Waals surface area contributed by atoms with Crippen LogP contribution in [0.3, 0.4) is 0 Å². The molecule has 0 aliphatic heterocycles. The normalized spacial score (nSPS) is 11.3. The number of fused-ring (bicyclic) bond motifs is 1. The molecule has 0 amide bonds. The smallest absolute Gasteiger partial charge is 0.0705 e. The number of hydrogen-bond acceptors (Lipinski definition) is 2. The van der Waals surface area contributed by atoms with E-state index in [0.717, 1.165) is 24.2 Å². The predicted molar refractivity (Wildman–Crippen MR) is 73.4 cm³/mol. The van der Waals surface area contributed by atoms with Gasteiger partial charge in [0.15, 0.2) is 0 Å². The standard InChI is InChI=1S/C15H20N2/c1-12-6-8-14-11-13(5-4-10-17(2)3)7-9-15(14)16-12/h6-9,11H,4-5,10H2,1-3H3. The minimum absolute atomic E-state index is 1.08. The van der Waals surface area contributed by atoms with E-state index in [-0.39, 0.29) is 0 Å². The lowest BCUT2D eigenvalue weighted by Crippen LogP contribution is -2.13. The van der Waals surface area contributed by atoms with Crippen LogP contribution < -0.4 is 0 Å². The second-order valence-corrected chi connectivity index (χ2v) is 4.89. The molecule has 0 fully saturated rings. The van der Waals surface area contributed by atoms with Crippen LogP contribution in [0.15, 0.2) is 30.3 Å². The zero-order chi connectivity index (χ0) is 12.3. The van der Waals surface area contributed by atoms with Crippen molar-refractivity contribution < 1.29 is 0 Å². The highest BCUT2D eigenvalue weighted by atomic mass is 15.0. The second kappa shape index (κ2) is 5.28. The fraction of sp³-hybridized carbons (Fsp3) is 0.400. The van der Waals surface area contributed by atoms with Crippen LogP contribution in [0.25, 0.3) is 10.9 Å². The summed E-state index contributed by atoms with van der Waals surface area (Å²) in [5.41, 5.74) is 3.59. The summed E-state index contributed by atoms with van der Waals surface area (Å²) in [6.45, 7) is 3.18. The molecular formula is C15H20N2. The first-order valence-electron chi connectivity index (χ1n) is 6.16. The number of pyridine rings is 1. The summed E-state index contributed by atoms with van der Waals surface area (Å²) in [5, 5.41) is 1.25. The quantitative estimate of drug-likeness (QED) is 0.799. The van der Waals surface area contributed by atoms with Crippen LogP contribution in [0.1, 0.15) is 17.7 Å². The van der Waals surface area contributed by atoms with Gasteiger partial charge < -0.3 is 4.90 Å². The molecule has 90 valence electrons. The SMILES string of the molecule is Cc1ccc2cc(CCCN(C)C)ccc2n1. The van der Waals surface area contributed by atoms with Crippen molar-refractivity contribution in [2.45, 2.75) is 19.8 Å². The van der Waals surface area contributed by atoms with E-state index in [1.54, 1.807) is 0 Å². The number of rotatable bonds is 4. The van der Waals surface area contributed by atoms with E-state index >= 15 is 0 Å². The van der Waals surface area contributed by atoms with Gasteiger partial charge in [-0.05, 0) is 64.2 Å². The van der Waals surface area contributed by atoms with E-state index < -0.39 is 0 Å². The van der Waals surface area contributed by atoms with Gasteiger partial charge in [0.05, 0.1) is 5.52 Å². The van der Waals surface area contributed by atoms with Crippen LogP contribution in [0.4, 0.5) is 0 Å². The maximum Gasteiger partial charge on any atom is 0.0705 e. The van der Waals surface area contributed by atoms with Crippen molar-refractivity contribution in [3.05, 3.63) is 41.6 Å². The number of benzene rings is 1. The van der Waals surface area contributed by atoms with Gasteiger partial charge >= 0.3 is 0 Å². The van der Waals surface area contributed by atoms with Crippen molar-refractivity contribution in [1.82, 2.24) is 9.88 Å². The van der Waals surface area contributed by atoms with Crippen molar-refractivity contribution in [3.63, 3.8) is 0 Å². The fourth-order valence-electron chi connectivity index (χ4n) is 2.03. The van der Waals surface area contributed by atoms with Gasteiger partial charge in [-0.2, -0.15) is 0 Å². The van der Waals surface area contributed by atoms with Crippen LogP contribution in [-0.2, 0) is 6.42 Å². The Morgan fingerprint density at radius 3 is 2.71 bits per heavy atom. The van der Waals surface area contributed by atoms with Crippen LogP contribution >= 0.6 is 0 Å². The third kappa shape index (κ3) is 3.27. The molecular weight excluding hydrogens is 208 g/mol. The zero-order valence-corrected chi connectivity index (χ0v) is 10.9. The minimum Gasteiger partial charge on any atom is -0.309 e. The average Bonchev–Trinajstić information content (AvgIpc) is 2.29. The molecule has 2 heteroatoms. The van der Waals surface area contributed by atoms with Gasteiger partial charge in [0, 0.05) is 11.1 Å². The molecule has 1 aromatic carbocycles. The molecule has 0 unspecified atom stereocenters. The van der Waals surface area contributed by atoms with Crippen LogP contribution in [-0.4, -0.2) is 30.5 Å². The average molecular weight is 228 g/mol. The summed E-state index contributed by atoms with van der Waals surface area (Å²) in [6, 6.07) is 10.8. The van der Waals surface area contributed by atoms with Crippen molar-refractivity contribution in [3.8, 4) is 0 Å². The van der Waals surface area contributed by atoms with E-state index in [1.807, 2.05) is 6.92 Å². The van der Waals surface area contributed by atoms with Gasteiger partial charge in [-0.25, -0.2) is 0 Å². The molecule has 0 spiro atoms. The van der Waals surface area contributed by atoms with Crippen molar-refractivity contribution in [1.29, 1.82) is 0 Å². The Morgan fingerprint density at radius 2 is 1.94 bits per heavy atom. The first-order chi connectivity index (χ1) is 8.15. The number of hydrogen-bond donors (Lipinski definition) is 0. The molecule has 0 saturated heterocycles. The van der Waals surface area contributed by atoms with E-state index in [0.29, 0.717) is 0 Å². The molecule has 2 aromatic rings.